The molecule has 2 nitrogen and oxygen atoms in total. The van der Waals surface area contributed by atoms with E-state index in [0.717, 1.165) is 32.9 Å². The van der Waals surface area contributed by atoms with E-state index in [2.05, 4.69) is 32.2 Å². The number of rotatable bonds is 0. The van der Waals surface area contributed by atoms with E-state index in [-0.39, 0.29) is 0 Å². The summed E-state index contributed by atoms with van der Waals surface area (Å²) in [5.74, 6) is 0. The van der Waals surface area contributed by atoms with Crippen LogP contribution < -0.4 is 10.4 Å². The monoisotopic (exact) mass is 244 g/mol. The summed E-state index contributed by atoms with van der Waals surface area (Å²) in [5.41, 5.74) is 0. The van der Waals surface area contributed by atoms with E-state index in [0.29, 0.717) is 0 Å². The molecule has 12 heavy (non-hydrogen) atoms. The second kappa shape index (κ2) is 3.15. The van der Waals surface area contributed by atoms with Crippen LogP contribution in [0, 0.1) is 0 Å². The minimum atomic E-state index is 0.737. The first-order valence-corrected chi connectivity index (χ1v) is 4.82. The third-order valence-electron chi connectivity index (χ3n) is 1.84. The Bertz CT molecular complexity index is 427. The van der Waals surface area contributed by atoms with Gasteiger partial charge in [0.15, 0.2) is 0 Å². The molecule has 4 heteroatoms. The Morgan fingerprint density at radius 3 is 3.08 bits per heavy atom. The van der Waals surface area contributed by atoms with Gasteiger partial charge in [0.05, 0.1) is 6.20 Å². The largest absolute Gasteiger partial charge is 0.157 e. The molecule has 2 rings (SSSR count). The van der Waals surface area contributed by atoms with Crippen LogP contribution in [0.5, 0.6) is 0 Å². The van der Waals surface area contributed by atoms with Gasteiger partial charge in [-0.05, 0) is 28.8 Å². The predicted molar refractivity (Wildman–Crippen MR) is 51.9 cm³/mol. The predicted octanol–water partition coefficient (Wildman–Crippen LogP) is 1.16. The molecule has 0 N–H and O–H groups in total. The molecule has 0 aliphatic heterocycles. The highest BCUT2D eigenvalue weighted by atomic mass is 79.9. The lowest BCUT2D eigenvalue weighted by atomic mass is 10.1. The molecule has 0 atom stereocenters. The van der Waals surface area contributed by atoms with Gasteiger partial charge in [0.2, 0.25) is 0 Å². The summed E-state index contributed by atoms with van der Waals surface area (Å²) in [7, 11) is 0. The zero-order valence-electron chi connectivity index (χ0n) is 6.22. The quantitative estimate of drug-likeness (QED) is 0.685. The second-order valence-electron chi connectivity index (χ2n) is 2.61. The van der Waals surface area contributed by atoms with E-state index in [9.17, 15) is 0 Å². The maximum absolute atomic E-state index is 6.05. The van der Waals surface area contributed by atoms with Crippen molar-refractivity contribution in [1.82, 2.24) is 10.2 Å². The minimum Gasteiger partial charge on any atom is -0.157 e. The Labute approximate surface area is 83.1 Å². The number of halogens is 2. The van der Waals surface area contributed by atoms with E-state index in [1.54, 1.807) is 6.20 Å². The average molecular weight is 246 g/mol. The van der Waals surface area contributed by atoms with E-state index >= 15 is 0 Å². The molecule has 0 aromatic carbocycles. The van der Waals surface area contributed by atoms with Crippen LogP contribution in [-0.2, 0) is 0 Å². The molecule has 0 saturated carbocycles. The SMILES string of the molecule is ClC1=c2c(Br)nncc2=CCC1. The first kappa shape index (κ1) is 8.20. The fourth-order valence-corrected chi connectivity index (χ4v) is 2.26. The van der Waals surface area contributed by atoms with Crippen LogP contribution in [0.1, 0.15) is 12.8 Å². The summed E-state index contributed by atoms with van der Waals surface area (Å²) in [6, 6.07) is 0. The zero-order chi connectivity index (χ0) is 8.55. The first-order chi connectivity index (χ1) is 5.79. The Kier molecular flexibility index (Phi) is 2.15. The van der Waals surface area contributed by atoms with Crippen molar-refractivity contribution >= 4 is 38.6 Å². The normalized spacial score (nSPS) is 15.3. The van der Waals surface area contributed by atoms with E-state index in [4.69, 9.17) is 11.6 Å². The molecule has 0 saturated heterocycles. The van der Waals surface area contributed by atoms with Gasteiger partial charge in [0.25, 0.3) is 0 Å². The van der Waals surface area contributed by atoms with Crippen LogP contribution in [0.25, 0.3) is 11.1 Å². The fraction of sp³-hybridized carbons (Fsp3) is 0.250. The summed E-state index contributed by atoms with van der Waals surface area (Å²) >= 11 is 9.37. The highest BCUT2D eigenvalue weighted by Gasteiger charge is 2.05. The lowest BCUT2D eigenvalue weighted by Crippen LogP contribution is -2.31. The molecule has 62 valence electrons. The van der Waals surface area contributed by atoms with Crippen LogP contribution in [0.15, 0.2) is 10.8 Å². The van der Waals surface area contributed by atoms with Crippen molar-refractivity contribution in [3.63, 3.8) is 0 Å². The van der Waals surface area contributed by atoms with Gasteiger partial charge in [-0.1, -0.05) is 17.7 Å². The van der Waals surface area contributed by atoms with Gasteiger partial charge in [-0.3, -0.25) is 0 Å². The molecular weight excluding hydrogens is 239 g/mol. The van der Waals surface area contributed by atoms with Crippen LogP contribution in [0.4, 0.5) is 0 Å². The average Bonchev–Trinajstić information content (AvgIpc) is 2.04. The van der Waals surface area contributed by atoms with Gasteiger partial charge in [-0.2, -0.15) is 5.10 Å². The lowest BCUT2D eigenvalue weighted by Gasteiger charge is -2.03. The molecule has 1 aliphatic rings. The number of nitrogens with zero attached hydrogens (tertiary/aromatic N) is 2. The fourth-order valence-electron chi connectivity index (χ4n) is 1.28. The van der Waals surface area contributed by atoms with Crippen LogP contribution in [0.3, 0.4) is 0 Å². The van der Waals surface area contributed by atoms with Crippen molar-refractivity contribution in [3.05, 3.63) is 21.2 Å². The standard InChI is InChI=1S/C8H6BrClN2/c9-8-7-5(4-11-12-8)2-1-3-6(7)10/h2,4H,1,3H2. The molecule has 0 radical (unpaired) electrons. The van der Waals surface area contributed by atoms with Gasteiger partial charge < -0.3 is 0 Å². The first-order valence-electron chi connectivity index (χ1n) is 3.65. The Hall–Kier alpha value is -0.410. The summed E-state index contributed by atoms with van der Waals surface area (Å²) in [4.78, 5) is 0. The molecule has 1 heterocycles. The summed E-state index contributed by atoms with van der Waals surface area (Å²) in [6.45, 7) is 0. The number of fused-ring (bicyclic) bond motifs is 1. The van der Waals surface area contributed by atoms with Gasteiger partial charge in [0.1, 0.15) is 4.60 Å². The van der Waals surface area contributed by atoms with Crippen molar-refractivity contribution in [1.29, 1.82) is 0 Å². The van der Waals surface area contributed by atoms with Crippen molar-refractivity contribution in [2.75, 3.05) is 0 Å². The molecule has 0 unspecified atom stereocenters. The lowest BCUT2D eigenvalue weighted by molar-refractivity contribution is 0.960. The number of aromatic nitrogens is 2. The summed E-state index contributed by atoms with van der Waals surface area (Å²) in [6.07, 6.45) is 5.76. The molecule has 0 bridgehead atoms. The van der Waals surface area contributed by atoms with Crippen molar-refractivity contribution in [3.8, 4) is 0 Å². The van der Waals surface area contributed by atoms with E-state index in [1.807, 2.05) is 0 Å². The minimum absolute atomic E-state index is 0.737. The topological polar surface area (TPSA) is 25.8 Å². The van der Waals surface area contributed by atoms with Gasteiger partial charge >= 0.3 is 0 Å². The van der Waals surface area contributed by atoms with Crippen molar-refractivity contribution < 1.29 is 0 Å². The molecular formula is C8H6BrClN2. The molecule has 0 spiro atoms. The van der Waals surface area contributed by atoms with E-state index in [1.165, 1.54) is 0 Å². The van der Waals surface area contributed by atoms with E-state index < -0.39 is 0 Å². The Balaban J connectivity index is 2.95. The highest BCUT2D eigenvalue weighted by molar-refractivity contribution is 9.10. The molecule has 1 aromatic rings. The Morgan fingerprint density at radius 2 is 2.33 bits per heavy atom. The third kappa shape index (κ3) is 1.27. The van der Waals surface area contributed by atoms with Gasteiger partial charge in [-0.25, -0.2) is 0 Å². The summed E-state index contributed by atoms with van der Waals surface area (Å²) in [5, 5.41) is 10.7. The van der Waals surface area contributed by atoms with Gasteiger partial charge in [0, 0.05) is 15.5 Å². The Morgan fingerprint density at radius 1 is 1.50 bits per heavy atom. The number of hydrogen-bond acceptors (Lipinski definition) is 2. The van der Waals surface area contributed by atoms with Gasteiger partial charge in [-0.15, -0.1) is 5.10 Å². The molecule has 1 aromatic heterocycles. The third-order valence-corrected chi connectivity index (χ3v) is 2.77. The summed E-state index contributed by atoms with van der Waals surface area (Å²) < 4.78 is 0.737. The zero-order valence-corrected chi connectivity index (χ0v) is 8.56. The van der Waals surface area contributed by atoms with Crippen molar-refractivity contribution in [2.24, 2.45) is 0 Å². The smallest absolute Gasteiger partial charge is 0.137 e. The van der Waals surface area contributed by atoms with Crippen LogP contribution in [-0.4, -0.2) is 10.2 Å². The maximum Gasteiger partial charge on any atom is 0.137 e. The molecule has 0 amide bonds. The molecule has 0 fully saturated rings. The highest BCUT2D eigenvalue weighted by Crippen LogP contribution is 2.13. The van der Waals surface area contributed by atoms with Crippen molar-refractivity contribution in [2.45, 2.75) is 12.8 Å². The number of hydrogen-bond donors (Lipinski definition) is 0. The maximum atomic E-state index is 6.05. The second-order valence-corrected chi connectivity index (χ2v) is 3.82. The molecule has 1 aliphatic carbocycles. The van der Waals surface area contributed by atoms with Crippen LogP contribution >= 0.6 is 27.5 Å². The van der Waals surface area contributed by atoms with Crippen LogP contribution in [0.2, 0.25) is 0 Å².